The Hall–Kier alpha value is -2.51. The van der Waals surface area contributed by atoms with Crippen molar-refractivity contribution in [2.24, 2.45) is 0 Å². The monoisotopic (exact) mass is 438 g/mol. The number of nitrogens with zero attached hydrogens (tertiary/aromatic N) is 1. The van der Waals surface area contributed by atoms with Gasteiger partial charge in [0.25, 0.3) is 10.0 Å². The minimum atomic E-state index is -3.75. The number of amides is 1. The van der Waals surface area contributed by atoms with Gasteiger partial charge in [-0.15, -0.1) is 11.8 Å². The maximum Gasteiger partial charge on any atom is 0.265 e. The summed E-state index contributed by atoms with van der Waals surface area (Å²) in [6.07, 6.45) is 4.90. The number of nitrogens with one attached hydrogen (secondary N) is 1. The molecule has 0 aromatic heterocycles. The van der Waals surface area contributed by atoms with E-state index in [0.29, 0.717) is 16.3 Å². The number of rotatable bonds is 5. The van der Waals surface area contributed by atoms with Gasteiger partial charge in [-0.1, -0.05) is 49.2 Å². The second-order valence-corrected chi connectivity index (χ2v) is 10.9. The third kappa shape index (κ3) is 3.36. The first-order valence-corrected chi connectivity index (χ1v) is 12.5. The van der Waals surface area contributed by atoms with Gasteiger partial charge in [0.1, 0.15) is 6.54 Å². The van der Waals surface area contributed by atoms with Gasteiger partial charge in [-0.05, 0) is 42.5 Å². The number of hydrogen-bond donors (Lipinski definition) is 1. The number of benzene rings is 3. The minimum Gasteiger partial charge on any atom is -0.323 e. The lowest BCUT2D eigenvalue weighted by molar-refractivity contribution is -0.114. The van der Waals surface area contributed by atoms with Gasteiger partial charge in [0.15, 0.2) is 0 Å². The molecule has 0 bridgehead atoms. The van der Waals surface area contributed by atoms with Gasteiger partial charge in [0, 0.05) is 15.5 Å². The molecule has 30 heavy (non-hydrogen) atoms. The standard InChI is InChI=1S/C23H22N2O3S2/c26-22(24-18-11-3-4-13-20(18)29-17-9-1-2-10-17)15-25-19-12-5-7-16-8-6-14-21(23(16)19)30(25,27)28/h3-8,11-14,17H,1-2,9-10,15H2,(H,24,26). The highest BCUT2D eigenvalue weighted by Crippen LogP contribution is 2.42. The van der Waals surface area contributed by atoms with Crippen molar-refractivity contribution in [3.63, 3.8) is 0 Å². The molecule has 1 saturated carbocycles. The summed E-state index contributed by atoms with van der Waals surface area (Å²) >= 11 is 1.80. The van der Waals surface area contributed by atoms with E-state index >= 15 is 0 Å². The Kier molecular flexibility index (Phi) is 4.95. The number of thioether (sulfide) groups is 1. The van der Waals surface area contributed by atoms with Crippen LogP contribution >= 0.6 is 11.8 Å². The van der Waals surface area contributed by atoms with Gasteiger partial charge in [-0.3, -0.25) is 9.10 Å². The maximum atomic E-state index is 13.1. The van der Waals surface area contributed by atoms with Crippen LogP contribution in [0.15, 0.2) is 70.5 Å². The van der Waals surface area contributed by atoms with Gasteiger partial charge >= 0.3 is 0 Å². The van der Waals surface area contributed by atoms with E-state index in [-0.39, 0.29) is 17.3 Å². The SMILES string of the molecule is O=C(CN1c2cccc3cccc(c23)S1(=O)=O)Nc1ccccc1SC1CCCC1. The van der Waals surface area contributed by atoms with Crippen molar-refractivity contribution in [2.45, 2.75) is 40.7 Å². The van der Waals surface area contributed by atoms with E-state index in [4.69, 9.17) is 0 Å². The molecule has 1 aliphatic carbocycles. The molecule has 3 aromatic carbocycles. The Morgan fingerprint density at radius 3 is 2.53 bits per heavy atom. The Morgan fingerprint density at radius 1 is 1.00 bits per heavy atom. The lowest BCUT2D eigenvalue weighted by atomic mass is 10.1. The van der Waals surface area contributed by atoms with Crippen LogP contribution in [-0.2, 0) is 14.8 Å². The van der Waals surface area contributed by atoms with Gasteiger partial charge in [0.2, 0.25) is 5.91 Å². The molecule has 0 saturated heterocycles. The summed E-state index contributed by atoms with van der Waals surface area (Å²) in [6.45, 7) is -0.251. The summed E-state index contributed by atoms with van der Waals surface area (Å²) in [5.41, 5.74) is 1.30. The molecule has 2 aliphatic rings. The normalized spacial score (nSPS) is 17.5. The van der Waals surface area contributed by atoms with Crippen LogP contribution in [0, 0.1) is 0 Å². The van der Waals surface area contributed by atoms with Crippen molar-refractivity contribution in [2.75, 3.05) is 16.2 Å². The van der Waals surface area contributed by atoms with Crippen molar-refractivity contribution < 1.29 is 13.2 Å². The fourth-order valence-electron chi connectivity index (χ4n) is 4.31. The molecule has 5 rings (SSSR count). The van der Waals surface area contributed by atoms with Gasteiger partial charge in [-0.25, -0.2) is 8.42 Å². The van der Waals surface area contributed by atoms with Crippen LogP contribution in [0.2, 0.25) is 0 Å². The molecular formula is C23H22N2O3S2. The summed E-state index contributed by atoms with van der Waals surface area (Å²) in [4.78, 5) is 14.2. The van der Waals surface area contributed by atoms with E-state index in [1.807, 2.05) is 42.5 Å². The van der Waals surface area contributed by atoms with Crippen molar-refractivity contribution in [3.8, 4) is 0 Å². The van der Waals surface area contributed by atoms with Gasteiger partial charge < -0.3 is 5.32 Å². The predicted octanol–water partition coefficient (Wildman–Crippen LogP) is 5.02. The number of carbonyl (C=O) groups excluding carboxylic acids is 1. The Bertz CT molecular complexity index is 1230. The first kappa shape index (κ1) is 19.5. The third-order valence-corrected chi connectivity index (χ3v) is 8.94. The fraction of sp³-hybridized carbons (Fsp3) is 0.261. The largest absolute Gasteiger partial charge is 0.323 e. The molecular weight excluding hydrogens is 416 g/mol. The van der Waals surface area contributed by atoms with Crippen molar-refractivity contribution in [1.82, 2.24) is 0 Å². The molecule has 0 atom stereocenters. The van der Waals surface area contributed by atoms with Crippen LogP contribution in [-0.4, -0.2) is 26.1 Å². The fourth-order valence-corrected chi connectivity index (χ4v) is 7.31. The van der Waals surface area contributed by atoms with Crippen LogP contribution in [0.5, 0.6) is 0 Å². The number of sulfonamides is 1. The molecule has 7 heteroatoms. The van der Waals surface area contributed by atoms with Crippen molar-refractivity contribution in [3.05, 3.63) is 60.7 Å². The van der Waals surface area contributed by atoms with E-state index in [1.165, 1.54) is 30.0 Å². The Labute approximate surface area is 180 Å². The quantitative estimate of drug-likeness (QED) is 0.607. The molecule has 1 fully saturated rings. The first-order valence-electron chi connectivity index (χ1n) is 10.1. The highest BCUT2D eigenvalue weighted by molar-refractivity contribution is 8.00. The second kappa shape index (κ2) is 7.63. The van der Waals surface area contributed by atoms with Crippen LogP contribution in [0.3, 0.4) is 0 Å². The predicted molar refractivity (Wildman–Crippen MR) is 122 cm³/mol. The summed E-state index contributed by atoms with van der Waals surface area (Å²) in [7, 11) is -3.75. The molecule has 0 unspecified atom stereocenters. The van der Waals surface area contributed by atoms with E-state index in [2.05, 4.69) is 5.32 Å². The van der Waals surface area contributed by atoms with E-state index in [9.17, 15) is 13.2 Å². The van der Waals surface area contributed by atoms with E-state index in [1.54, 1.807) is 30.0 Å². The van der Waals surface area contributed by atoms with E-state index in [0.717, 1.165) is 16.0 Å². The van der Waals surface area contributed by atoms with Crippen LogP contribution in [0.1, 0.15) is 25.7 Å². The minimum absolute atomic E-state index is 0.251. The van der Waals surface area contributed by atoms with Gasteiger partial charge in [-0.2, -0.15) is 0 Å². The average Bonchev–Trinajstić information content (AvgIpc) is 3.32. The van der Waals surface area contributed by atoms with E-state index < -0.39 is 10.0 Å². The zero-order valence-corrected chi connectivity index (χ0v) is 18.0. The molecule has 0 spiro atoms. The number of para-hydroxylation sites is 1. The molecule has 0 radical (unpaired) electrons. The highest BCUT2D eigenvalue weighted by Gasteiger charge is 2.36. The highest BCUT2D eigenvalue weighted by atomic mass is 32.2. The van der Waals surface area contributed by atoms with Crippen LogP contribution in [0.4, 0.5) is 11.4 Å². The van der Waals surface area contributed by atoms with Gasteiger partial charge in [0.05, 0.1) is 16.3 Å². The topological polar surface area (TPSA) is 66.5 Å². The first-order chi connectivity index (χ1) is 14.5. The third-order valence-electron chi connectivity index (χ3n) is 5.73. The lowest BCUT2D eigenvalue weighted by Crippen LogP contribution is -2.35. The Balaban J connectivity index is 1.39. The van der Waals surface area contributed by atoms with Crippen molar-refractivity contribution in [1.29, 1.82) is 0 Å². The maximum absolute atomic E-state index is 13.1. The zero-order valence-electron chi connectivity index (χ0n) is 16.4. The summed E-state index contributed by atoms with van der Waals surface area (Å²) < 4.78 is 27.4. The molecule has 1 amide bonds. The molecule has 1 aliphatic heterocycles. The Morgan fingerprint density at radius 2 is 1.73 bits per heavy atom. The number of hydrogen-bond acceptors (Lipinski definition) is 4. The number of carbonyl (C=O) groups is 1. The smallest absolute Gasteiger partial charge is 0.265 e. The van der Waals surface area contributed by atoms with Crippen molar-refractivity contribution >= 4 is 49.8 Å². The lowest BCUT2D eigenvalue weighted by Gasteiger charge is -2.19. The molecule has 1 heterocycles. The number of anilines is 2. The average molecular weight is 439 g/mol. The summed E-state index contributed by atoms with van der Waals surface area (Å²) in [5.74, 6) is -0.345. The summed E-state index contributed by atoms with van der Waals surface area (Å²) in [5, 5.41) is 5.06. The molecule has 154 valence electrons. The molecule has 3 aromatic rings. The van der Waals surface area contributed by atoms with Crippen LogP contribution < -0.4 is 9.62 Å². The zero-order chi connectivity index (χ0) is 20.7. The molecule has 5 nitrogen and oxygen atoms in total. The van der Waals surface area contributed by atoms with Crippen LogP contribution in [0.25, 0.3) is 10.8 Å². The summed E-state index contributed by atoms with van der Waals surface area (Å²) in [6, 6.07) is 18.4. The second-order valence-electron chi connectivity index (χ2n) is 7.71. The molecule has 1 N–H and O–H groups in total.